The molecule has 0 saturated carbocycles. The summed E-state index contributed by atoms with van der Waals surface area (Å²) in [6.45, 7) is 3.63. The molecule has 0 radical (unpaired) electrons. The first kappa shape index (κ1) is 15.4. The van der Waals surface area contributed by atoms with Crippen molar-refractivity contribution in [3.63, 3.8) is 0 Å². The van der Waals surface area contributed by atoms with Crippen LogP contribution in [0.15, 0.2) is 30.5 Å². The van der Waals surface area contributed by atoms with Gasteiger partial charge < -0.3 is 9.30 Å². The number of fused-ring (bicyclic) bond motifs is 1. The average molecular weight is 289 g/mol. The van der Waals surface area contributed by atoms with E-state index in [4.69, 9.17) is 10.6 Å². The number of amides is 1. The zero-order chi connectivity index (χ0) is 15.1. The van der Waals surface area contributed by atoms with E-state index < -0.39 is 0 Å². The van der Waals surface area contributed by atoms with Crippen LogP contribution < -0.4 is 16.0 Å². The number of nitrogens with zero attached hydrogens (tertiary/aromatic N) is 1. The highest BCUT2D eigenvalue weighted by atomic mass is 16.5. The lowest BCUT2D eigenvalue weighted by molar-refractivity contribution is -0.121. The van der Waals surface area contributed by atoms with E-state index in [2.05, 4.69) is 34.4 Å². The van der Waals surface area contributed by atoms with E-state index >= 15 is 0 Å². The molecule has 0 unspecified atom stereocenters. The fourth-order valence-electron chi connectivity index (χ4n) is 2.45. The van der Waals surface area contributed by atoms with Crippen molar-refractivity contribution in [1.82, 2.24) is 9.99 Å². The van der Waals surface area contributed by atoms with Crippen molar-refractivity contribution >= 4 is 16.8 Å². The average Bonchev–Trinajstić information content (AvgIpc) is 2.89. The number of nitrogens with one attached hydrogen (secondary N) is 1. The molecule has 0 saturated heterocycles. The number of ether oxygens (including phenoxy) is 1. The maximum absolute atomic E-state index is 11.0. The molecular formula is C16H23N3O2. The van der Waals surface area contributed by atoms with Crippen molar-refractivity contribution < 1.29 is 9.53 Å². The Morgan fingerprint density at radius 1 is 1.29 bits per heavy atom. The molecule has 5 heteroatoms. The minimum atomic E-state index is -0.0927. The molecule has 1 heterocycles. The Hall–Kier alpha value is -2.01. The number of aryl methyl sites for hydroxylation is 1. The Morgan fingerprint density at radius 3 is 2.90 bits per heavy atom. The second-order valence-electron chi connectivity index (χ2n) is 5.04. The highest BCUT2D eigenvalue weighted by molar-refractivity contribution is 5.81. The summed E-state index contributed by atoms with van der Waals surface area (Å²) in [5.41, 5.74) is 3.37. The van der Waals surface area contributed by atoms with Crippen molar-refractivity contribution in [2.45, 2.75) is 39.2 Å². The van der Waals surface area contributed by atoms with Crippen LogP contribution in [0, 0.1) is 0 Å². The third-order valence-corrected chi connectivity index (χ3v) is 3.52. The molecule has 0 aliphatic heterocycles. The lowest BCUT2D eigenvalue weighted by atomic mass is 10.2. The second kappa shape index (κ2) is 7.69. The summed E-state index contributed by atoms with van der Waals surface area (Å²) in [6.07, 6.45) is 5.54. The molecule has 0 bridgehead atoms. The molecule has 0 spiro atoms. The summed E-state index contributed by atoms with van der Waals surface area (Å²) in [7, 11) is 0. The fraction of sp³-hybridized carbons (Fsp3) is 0.438. The Morgan fingerprint density at radius 2 is 2.14 bits per heavy atom. The van der Waals surface area contributed by atoms with Gasteiger partial charge in [-0.05, 0) is 44.0 Å². The highest BCUT2D eigenvalue weighted by Crippen LogP contribution is 2.22. The van der Waals surface area contributed by atoms with Gasteiger partial charge >= 0.3 is 0 Å². The van der Waals surface area contributed by atoms with Gasteiger partial charge in [-0.1, -0.05) is 6.42 Å². The van der Waals surface area contributed by atoms with Gasteiger partial charge in [0.15, 0.2) is 0 Å². The van der Waals surface area contributed by atoms with Gasteiger partial charge in [0.05, 0.1) is 6.61 Å². The first-order valence-electron chi connectivity index (χ1n) is 7.45. The van der Waals surface area contributed by atoms with Crippen molar-refractivity contribution in [3.8, 4) is 5.75 Å². The van der Waals surface area contributed by atoms with Crippen LogP contribution in [0.1, 0.15) is 32.6 Å². The monoisotopic (exact) mass is 289 g/mol. The van der Waals surface area contributed by atoms with Crippen LogP contribution in [0.4, 0.5) is 0 Å². The minimum absolute atomic E-state index is 0.0927. The van der Waals surface area contributed by atoms with Crippen LogP contribution in [-0.4, -0.2) is 17.1 Å². The molecule has 0 atom stereocenters. The van der Waals surface area contributed by atoms with Gasteiger partial charge in [0.1, 0.15) is 5.75 Å². The molecule has 0 aliphatic rings. The van der Waals surface area contributed by atoms with E-state index in [-0.39, 0.29) is 5.91 Å². The Bertz CT molecular complexity index is 592. The van der Waals surface area contributed by atoms with Gasteiger partial charge in [-0.3, -0.25) is 10.2 Å². The summed E-state index contributed by atoms with van der Waals surface area (Å²) in [5.74, 6) is 5.87. The summed E-state index contributed by atoms with van der Waals surface area (Å²) in [4.78, 5) is 11.0. The molecule has 1 aromatic heterocycles. The van der Waals surface area contributed by atoms with Crippen molar-refractivity contribution in [2.75, 3.05) is 6.61 Å². The van der Waals surface area contributed by atoms with E-state index in [1.54, 1.807) is 0 Å². The Kier molecular flexibility index (Phi) is 5.63. The van der Waals surface area contributed by atoms with Crippen LogP contribution in [0.3, 0.4) is 0 Å². The zero-order valence-electron chi connectivity index (χ0n) is 12.5. The van der Waals surface area contributed by atoms with Crippen LogP contribution >= 0.6 is 0 Å². The lowest BCUT2D eigenvalue weighted by Crippen LogP contribution is -2.29. The number of hydrogen-bond acceptors (Lipinski definition) is 3. The molecule has 2 aromatic rings. The summed E-state index contributed by atoms with van der Waals surface area (Å²) in [5, 5.41) is 1.20. The summed E-state index contributed by atoms with van der Waals surface area (Å²) >= 11 is 0. The first-order valence-corrected chi connectivity index (χ1v) is 7.45. The predicted octanol–water partition coefficient (Wildman–Crippen LogP) is 2.59. The maximum atomic E-state index is 11.0. The van der Waals surface area contributed by atoms with Gasteiger partial charge in [-0.25, -0.2) is 5.84 Å². The molecule has 1 aromatic carbocycles. The third-order valence-electron chi connectivity index (χ3n) is 3.52. The highest BCUT2D eigenvalue weighted by Gasteiger charge is 2.03. The molecule has 21 heavy (non-hydrogen) atoms. The number of nitrogens with two attached hydrogens (primary N) is 1. The van der Waals surface area contributed by atoms with Crippen LogP contribution in [0.25, 0.3) is 10.9 Å². The number of benzene rings is 1. The van der Waals surface area contributed by atoms with Crippen LogP contribution in [-0.2, 0) is 11.3 Å². The number of hydrazine groups is 1. The molecule has 3 N–H and O–H groups in total. The fourth-order valence-corrected chi connectivity index (χ4v) is 2.45. The van der Waals surface area contributed by atoms with Crippen LogP contribution in [0.5, 0.6) is 5.75 Å². The van der Waals surface area contributed by atoms with Gasteiger partial charge in [-0.2, -0.15) is 0 Å². The van der Waals surface area contributed by atoms with Crippen molar-refractivity contribution in [1.29, 1.82) is 0 Å². The number of carbonyl (C=O) groups is 1. The van der Waals surface area contributed by atoms with E-state index in [0.29, 0.717) is 13.0 Å². The molecular weight excluding hydrogens is 266 g/mol. The topological polar surface area (TPSA) is 69.3 Å². The number of rotatable bonds is 8. The van der Waals surface area contributed by atoms with E-state index in [1.807, 2.05) is 13.0 Å². The Labute approximate surface area is 125 Å². The number of unbranched alkanes of at least 4 members (excludes halogenated alkanes) is 2. The predicted molar refractivity (Wildman–Crippen MR) is 83.9 cm³/mol. The lowest BCUT2D eigenvalue weighted by Gasteiger charge is -2.07. The molecule has 0 fully saturated rings. The zero-order valence-corrected chi connectivity index (χ0v) is 12.5. The van der Waals surface area contributed by atoms with Gasteiger partial charge in [-0.15, -0.1) is 0 Å². The Balaban J connectivity index is 1.86. The minimum Gasteiger partial charge on any atom is -0.494 e. The van der Waals surface area contributed by atoms with Crippen molar-refractivity contribution in [3.05, 3.63) is 30.5 Å². The van der Waals surface area contributed by atoms with Gasteiger partial charge in [0.2, 0.25) is 5.91 Å². The molecule has 2 rings (SSSR count). The molecule has 0 aliphatic carbocycles. The number of carbonyl (C=O) groups excluding carboxylic acids is 1. The van der Waals surface area contributed by atoms with Crippen LogP contribution in [0.2, 0.25) is 0 Å². The SMILES string of the molecule is CCOc1ccc2c(ccn2CCCCCC(=O)NN)c1. The van der Waals surface area contributed by atoms with Crippen molar-refractivity contribution in [2.24, 2.45) is 5.84 Å². The molecule has 114 valence electrons. The maximum Gasteiger partial charge on any atom is 0.233 e. The molecule has 1 amide bonds. The largest absolute Gasteiger partial charge is 0.494 e. The van der Waals surface area contributed by atoms with E-state index in [1.165, 1.54) is 10.9 Å². The van der Waals surface area contributed by atoms with E-state index in [9.17, 15) is 4.79 Å². The summed E-state index contributed by atoms with van der Waals surface area (Å²) in [6, 6.07) is 8.29. The quantitative estimate of drug-likeness (QED) is 0.340. The van der Waals surface area contributed by atoms with Gasteiger partial charge in [0.25, 0.3) is 0 Å². The number of hydrogen-bond donors (Lipinski definition) is 2. The molecule has 5 nitrogen and oxygen atoms in total. The first-order chi connectivity index (χ1) is 10.2. The summed E-state index contributed by atoms with van der Waals surface area (Å²) < 4.78 is 7.76. The third kappa shape index (κ3) is 4.23. The normalized spacial score (nSPS) is 10.8. The van der Waals surface area contributed by atoms with E-state index in [0.717, 1.165) is 31.6 Å². The smallest absolute Gasteiger partial charge is 0.233 e. The number of aromatic nitrogens is 1. The van der Waals surface area contributed by atoms with Gasteiger partial charge in [0, 0.05) is 30.1 Å². The second-order valence-corrected chi connectivity index (χ2v) is 5.04. The standard InChI is InChI=1S/C16H23N3O2/c1-2-21-14-7-8-15-13(12-14)9-11-19(15)10-5-3-4-6-16(20)18-17/h7-9,11-12H,2-6,10,17H2,1H3,(H,18,20).